The fourth-order valence-corrected chi connectivity index (χ4v) is 4.08. The maximum Gasteiger partial charge on any atom is 0.193 e. The Morgan fingerprint density at radius 3 is 2.33 bits per heavy atom. The molecule has 3 fully saturated rings. The van der Waals surface area contributed by atoms with Crippen LogP contribution in [-0.4, -0.2) is 50.3 Å². The second-order valence-electron chi connectivity index (χ2n) is 6.63. The zero-order chi connectivity index (χ0) is 13.8. The van der Waals surface area contributed by atoms with E-state index >= 15 is 0 Å². The molecule has 1 aliphatic carbocycles. The third-order valence-electron chi connectivity index (χ3n) is 5.25. The van der Waals surface area contributed by atoms with Crippen LogP contribution in [0.4, 0.5) is 0 Å². The molecule has 21 heavy (non-hydrogen) atoms. The van der Waals surface area contributed by atoms with Crippen molar-refractivity contribution in [2.75, 3.05) is 33.3 Å². The summed E-state index contributed by atoms with van der Waals surface area (Å²) in [7, 11) is 1.91. The summed E-state index contributed by atoms with van der Waals surface area (Å²) < 4.78 is 5.79. The molecule has 0 bridgehead atoms. The van der Waals surface area contributed by atoms with Crippen molar-refractivity contribution >= 4 is 29.9 Å². The highest BCUT2D eigenvalue weighted by Crippen LogP contribution is 2.35. The van der Waals surface area contributed by atoms with Crippen molar-refractivity contribution < 1.29 is 4.74 Å². The van der Waals surface area contributed by atoms with Gasteiger partial charge in [0.25, 0.3) is 0 Å². The number of aliphatic imine (C=N–C) groups is 1. The van der Waals surface area contributed by atoms with Crippen molar-refractivity contribution in [2.24, 2.45) is 16.8 Å². The molecule has 1 saturated carbocycles. The molecule has 0 spiro atoms. The number of fused-ring (bicyclic) bond motifs is 1. The molecule has 5 heteroatoms. The topological polar surface area (TPSA) is 36.9 Å². The lowest BCUT2D eigenvalue weighted by molar-refractivity contribution is 0.0191. The molecule has 4 nitrogen and oxygen atoms in total. The first-order valence-corrected chi connectivity index (χ1v) is 8.44. The summed E-state index contributed by atoms with van der Waals surface area (Å²) in [6, 6.07) is 0. The Labute approximate surface area is 146 Å². The van der Waals surface area contributed by atoms with Gasteiger partial charge in [-0.2, -0.15) is 0 Å². The SMILES string of the molecule is CN=C(NCC1CCCCO1)N1CC2CCCCC2C1.I. The molecule has 2 heterocycles. The molecule has 0 aromatic heterocycles. The molecule has 0 radical (unpaired) electrons. The van der Waals surface area contributed by atoms with Crippen molar-refractivity contribution in [3.63, 3.8) is 0 Å². The normalized spacial score (nSPS) is 33.3. The number of hydrogen-bond donors (Lipinski definition) is 1. The van der Waals surface area contributed by atoms with Gasteiger partial charge < -0.3 is 15.0 Å². The van der Waals surface area contributed by atoms with Crippen LogP contribution >= 0.6 is 24.0 Å². The van der Waals surface area contributed by atoms with Crippen LogP contribution in [0.25, 0.3) is 0 Å². The Kier molecular flexibility index (Phi) is 7.05. The summed E-state index contributed by atoms with van der Waals surface area (Å²) >= 11 is 0. The van der Waals surface area contributed by atoms with Gasteiger partial charge in [-0.25, -0.2) is 0 Å². The van der Waals surface area contributed by atoms with E-state index in [0.717, 1.165) is 30.9 Å². The number of halogens is 1. The quantitative estimate of drug-likeness (QED) is 0.435. The van der Waals surface area contributed by atoms with Crippen LogP contribution in [0.3, 0.4) is 0 Å². The minimum Gasteiger partial charge on any atom is -0.376 e. The standard InChI is InChI=1S/C16H29N3O.HI/c1-17-16(18-10-15-8-4-5-9-20-15)19-11-13-6-2-3-7-14(13)12-19;/h13-15H,2-12H2,1H3,(H,17,18);1H. The first kappa shape index (κ1) is 17.3. The second kappa shape index (κ2) is 8.56. The lowest BCUT2D eigenvalue weighted by Crippen LogP contribution is -2.44. The molecule has 122 valence electrons. The predicted molar refractivity (Wildman–Crippen MR) is 97.4 cm³/mol. The number of nitrogens with zero attached hydrogens (tertiary/aromatic N) is 2. The van der Waals surface area contributed by atoms with E-state index in [1.807, 2.05) is 7.05 Å². The van der Waals surface area contributed by atoms with Gasteiger partial charge in [0.1, 0.15) is 0 Å². The monoisotopic (exact) mass is 407 g/mol. The van der Waals surface area contributed by atoms with Gasteiger partial charge in [-0.3, -0.25) is 4.99 Å². The highest BCUT2D eigenvalue weighted by Gasteiger charge is 2.35. The fraction of sp³-hybridized carbons (Fsp3) is 0.938. The van der Waals surface area contributed by atoms with E-state index < -0.39 is 0 Å². The van der Waals surface area contributed by atoms with Crippen LogP contribution in [0.1, 0.15) is 44.9 Å². The number of ether oxygens (including phenoxy) is 1. The minimum atomic E-state index is 0. The summed E-state index contributed by atoms with van der Waals surface area (Å²) in [4.78, 5) is 6.96. The lowest BCUT2D eigenvalue weighted by atomic mass is 9.82. The van der Waals surface area contributed by atoms with Crippen molar-refractivity contribution in [1.29, 1.82) is 0 Å². The van der Waals surface area contributed by atoms with Crippen LogP contribution in [0.5, 0.6) is 0 Å². The number of nitrogens with one attached hydrogen (secondary N) is 1. The summed E-state index contributed by atoms with van der Waals surface area (Å²) in [5.41, 5.74) is 0. The second-order valence-corrected chi connectivity index (χ2v) is 6.63. The molecule has 0 aromatic rings. The van der Waals surface area contributed by atoms with E-state index in [1.165, 1.54) is 58.0 Å². The van der Waals surface area contributed by atoms with Crippen LogP contribution in [0, 0.1) is 11.8 Å². The van der Waals surface area contributed by atoms with Gasteiger partial charge in [-0.15, -0.1) is 24.0 Å². The lowest BCUT2D eigenvalue weighted by Gasteiger charge is -2.26. The Morgan fingerprint density at radius 2 is 1.76 bits per heavy atom. The maximum atomic E-state index is 5.79. The fourth-order valence-electron chi connectivity index (χ4n) is 4.08. The van der Waals surface area contributed by atoms with Gasteiger partial charge in [0, 0.05) is 33.3 Å². The van der Waals surface area contributed by atoms with Crippen molar-refractivity contribution in [2.45, 2.75) is 51.0 Å². The molecule has 2 saturated heterocycles. The van der Waals surface area contributed by atoms with Crippen LogP contribution < -0.4 is 5.32 Å². The highest BCUT2D eigenvalue weighted by molar-refractivity contribution is 14.0. The van der Waals surface area contributed by atoms with Gasteiger partial charge in [-0.05, 0) is 43.9 Å². The zero-order valence-electron chi connectivity index (χ0n) is 13.2. The van der Waals surface area contributed by atoms with Crippen molar-refractivity contribution in [1.82, 2.24) is 10.2 Å². The molecule has 3 rings (SSSR count). The van der Waals surface area contributed by atoms with Crippen LogP contribution in [0.15, 0.2) is 4.99 Å². The van der Waals surface area contributed by atoms with E-state index in [2.05, 4.69) is 15.2 Å². The maximum absolute atomic E-state index is 5.79. The molecule has 3 atom stereocenters. The summed E-state index contributed by atoms with van der Waals surface area (Å²) in [5, 5.41) is 3.54. The molecule has 3 aliphatic rings. The Morgan fingerprint density at radius 1 is 1.10 bits per heavy atom. The minimum absolute atomic E-state index is 0. The van der Waals surface area contributed by atoms with E-state index in [4.69, 9.17) is 4.74 Å². The molecule has 0 aromatic carbocycles. The third-order valence-corrected chi connectivity index (χ3v) is 5.25. The molecule has 3 unspecified atom stereocenters. The van der Waals surface area contributed by atoms with E-state index in [9.17, 15) is 0 Å². The van der Waals surface area contributed by atoms with Crippen molar-refractivity contribution in [3.8, 4) is 0 Å². The van der Waals surface area contributed by atoms with Gasteiger partial charge in [0.15, 0.2) is 5.96 Å². The number of likely N-dealkylation sites (tertiary alicyclic amines) is 1. The van der Waals surface area contributed by atoms with Crippen LogP contribution in [-0.2, 0) is 4.74 Å². The van der Waals surface area contributed by atoms with Crippen molar-refractivity contribution in [3.05, 3.63) is 0 Å². The molecular formula is C16H30IN3O. The number of guanidine groups is 1. The summed E-state index contributed by atoms with van der Waals surface area (Å²) in [5.74, 6) is 2.91. The summed E-state index contributed by atoms with van der Waals surface area (Å²) in [6.45, 7) is 4.25. The van der Waals surface area contributed by atoms with Gasteiger partial charge in [0.05, 0.1) is 6.10 Å². The average molecular weight is 407 g/mol. The van der Waals surface area contributed by atoms with E-state index in [0.29, 0.717) is 6.10 Å². The van der Waals surface area contributed by atoms with E-state index in [1.54, 1.807) is 0 Å². The van der Waals surface area contributed by atoms with Gasteiger partial charge in [-0.1, -0.05) is 12.8 Å². The Balaban J connectivity index is 0.00000161. The third kappa shape index (κ3) is 4.47. The molecular weight excluding hydrogens is 377 g/mol. The average Bonchev–Trinajstić information content (AvgIpc) is 2.92. The molecule has 1 N–H and O–H groups in total. The number of rotatable bonds is 2. The van der Waals surface area contributed by atoms with E-state index in [-0.39, 0.29) is 24.0 Å². The van der Waals surface area contributed by atoms with Gasteiger partial charge in [0.2, 0.25) is 0 Å². The largest absolute Gasteiger partial charge is 0.376 e. The smallest absolute Gasteiger partial charge is 0.193 e. The highest BCUT2D eigenvalue weighted by atomic mass is 127. The molecule has 2 aliphatic heterocycles. The predicted octanol–water partition coefficient (Wildman–Crippen LogP) is 2.87. The summed E-state index contributed by atoms with van der Waals surface area (Å²) in [6.07, 6.45) is 9.79. The zero-order valence-corrected chi connectivity index (χ0v) is 15.6. The Bertz CT molecular complexity index is 330. The van der Waals surface area contributed by atoms with Crippen LogP contribution in [0.2, 0.25) is 0 Å². The first-order valence-electron chi connectivity index (χ1n) is 8.44. The molecule has 0 amide bonds. The Hall–Kier alpha value is -0.0400. The first-order chi connectivity index (χ1) is 9.86. The number of hydrogen-bond acceptors (Lipinski definition) is 2. The van der Waals surface area contributed by atoms with Gasteiger partial charge >= 0.3 is 0 Å².